The van der Waals surface area contributed by atoms with E-state index in [0.29, 0.717) is 0 Å². The topological polar surface area (TPSA) is 20.3 Å². The fourth-order valence-electron chi connectivity index (χ4n) is 4.07. The molecule has 0 unspecified atom stereocenters. The van der Waals surface area contributed by atoms with Crippen LogP contribution in [0.15, 0.2) is 60.7 Å². The molecule has 1 aliphatic heterocycles. The molecule has 0 bridgehead atoms. The second-order valence-electron chi connectivity index (χ2n) is 6.24. The molecule has 0 N–H and O–H groups in total. The van der Waals surface area contributed by atoms with Gasteiger partial charge in [0.05, 0.1) is 11.3 Å². The molecule has 1 fully saturated rings. The molecule has 2 nitrogen and oxygen atoms in total. The average Bonchev–Trinajstić information content (AvgIpc) is 2.95. The van der Waals surface area contributed by atoms with Crippen molar-refractivity contribution in [2.24, 2.45) is 0 Å². The lowest BCUT2D eigenvalue weighted by Crippen LogP contribution is -2.23. The van der Waals surface area contributed by atoms with E-state index >= 15 is 0 Å². The van der Waals surface area contributed by atoms with Crippen LogP contribution in [0.1, 0.15) is 49.1 Å². The lowest BCUT2D eigenvalue weighted by atomic mass is 10.0. The first-order valence-electron chi connectivity index (χ1n) is 8.66. The van der Waals surface area contributed by atoms with Crippen molar-refractivity contribution in [2.75, 3.05) is 13.1 Å². The van der Waals surface area contributed by atoms with Gasteiger partial charge in [-0.3, -0.25) is 4.67 Å². The van der Waals surface area contributed by atoms with Crippen LogP contribution in [0.5, 0.6) is 0 Å². The Morgan fingerprint density at radius 1 is 0.826 bits per heavy atom. The SMILES string of the molecule is CCN(CC)P1(=O)[C@@H](c2ccccc2)CC[C@@H]1c1ccccc1. The van der Waals surface area contributed by atoms with E-state index in [1.165, 1.54) is 11.1 Å². The van der Waals surface area contributed by atoms with Gasteiger partial charge in [0.1, 0.15) is 0 Å². The van der Waals surface area contributed by atoms with Gasteiger partial charge in [0.15, 0.2) is 7.29 Å². The lowest BCUT2D eigenvalue weighted by Gasteiger charge is -2.36. The largest absolute Gasteiger partial charge is 0.305 e. The summed E-state index contributed by atoms with van der Waals surface area (Å²) in [7, 11) is -2.51. The summed E-state index contributed by atoms with van der Waals surface area (Å²) in [5, 5.41) is 0. The Morgan fingerprint density at radius 3 is 1.57 bits per heavy atom. The first kappa shape index (κ1) is 16.5. The zero-order chi connectivity index (χ0) is 16.3. The maximum atomic E-state index is 14.4. The summed E-state index contributed by atoms with van der Waals surface area (Å²) in [5.41, 5.74) is 2.80. The minimum atomic E-state index is -2.51. The Balaban J connectivity index is 2.07. The Hall–Kier alpha value is -1.37. The quantitative estimate of drug-likeness (QED) is 0.639. The third-order valence-electron chi connectivity index (χ3n) is 5.15. The number of hydrogen-bond acceptors (Lipinski definition) is 1. The second kappa shape index (κ2) is 7.03. The van der Waals surface area contributed by atoms with E-state index < -0.39 is 7.29 Å². The summed E-state index contributed by atoms with van der Waals surface area (Å²) in [5.74, 6) is 0. The molecule has 1 heterocycles. The number of nitrogens with zero attached hydrogens (tertiary/aromatic N) is 1. The van der Waals surface area contributed by atoms with Gasteiger partial charge in [-0.2, -0.15) is 0 Å². The first-order valence-corrected chi connectivity index (χ1v) is 10.5. The molecule has 0 aliphatic carbocycles. The van der Waals surface area contributed by atoms with Crippen molar-refractivity contribution in [2.45, 2.75) is 38.0 Å². The zero-order valence-electron chi connectivity index (χ0n) is 14.1. The van der Waals surface area contributed by atoms with E-state index in [0.717, 1.165) is 25.9 Å². The van der Waals surface area contributed by atoms with Crippen molar-refractivity contribution in [3.8, 4) is 0 Å². The van der Waals surface area contributed by atoms with Crippen molar-refractivity contribution in [3.63, 3.8) is 0 Å². The highest BCUT2D eigenvalue weighted by Gasteiger charge is 2.50. The van der Waals surface area contributed by atoms with Gasteiger partial charge in [-0.15, -0.1) is 0 Å². The summed E-state index contributed by atoms with van der Waals surface area (Å²) in [6, 6.07) is 20.9. The minimum Gasteiger partial charge on any atom is -0.305 e. The molecule has 0 radical (unpaired) electrons. The maximum Gasteiger partial charge on any atom is 0.164 e. The van der Waals surface area contributed by atoms with Gasteiger partial charge < -0.3 is 4.57 Å². The molecule has 1 saturated heterocycles. The van der Waals surface area contributed by atoms with E-state index in [9.17, 15) is 4.57 Å². The fraction of sp³-hybridized carbons (Fsp3) is 0.400. The summed E-state index contributed by atoms with van der Waals surface area (Å²) in [4.78, 5) is 0. The van der Waals surface area contributed by atoms with Crippen LogP contribution in [0.2, 0.25) is 0 Å². The Morgan fingerprint density at radius 2 is 1.22 bits per heavy atom. The molecule has 3 heteroatoms. The van der Waals surface area contributed by atoms with Crippen molar-refractivity contribution < 1.29 is 4.57 Å². The molecule has 0 spiro atoms. The molecular weight excluding hydrogens is 301 g/mol. The van der Waals surface area contributed by atoms with E-state index in [1.807, 2.05) is 12.1 Å². The van der Waals surface area contributed by atoms with Crippen LogP contribution in [-0.4, -0.2) is 17.8 Å². The van der Waals surface area contributed by atoms with Gasteiger partial charge in [-0.05, 0) is 24.0 Å². The molecular formula is C20H26NOP. The van der Waals surface area contributed by atoms with Crippen LogP contribution < -0.4 is 0 Å². The molecule has 1 aliphatic rings. The highest BCUT2D eigenvalue weighted by Crippen LogP contribution is 2.77. The van der Waals surface area contributed by atoms with E-state index in [1.54, 1.807) is 0 Å². The van der Waals surface area contributed by atoms with Crippen molar-refractivity contribution in [3.05, 3.63) is 71.8 Å². The summed E-state index contributed by atoms with van der Waals surface area (Å²) >= 11 is 0. The van der Waals surface area contributed by atoms with Crippen LogP contribution in [-0.2, 0) is 4.57 Å². The van der Waals surface area contributed by atoms with Crippen molar-refractivity contribution in [1.82, 2.24) is 4.67 Å². The van der Waals surface area contributed by atoms with E-state index in [2.05, 4.69) is 67.0 Å². The van der Waals surface area contributed by atoms with Gasteiger partial charge >= 0.3 is 0 Å². The molecule has 2 atom stereocenters. The van der Waals surface area contributed by atoms with E-state index in [-0.39, 0.29) is 11.3 Å². The Bertz CT molecular complexity index is 615. The van der Waals surface area contributed by atoms with Crippen LogP contribution in [0.4, 0.5) is 0 Å². The van der Waals surface area contributed by atoms with Crippen LogP contribution in [0.3, 0.4) is 0 Å². The van der Waals surface area contributed by atoms with Gasteiger partial charge in [0.2, 0.25) is 0 Å². The number of benzene rings is 2. The van der Waals surface area contributed by atoms with Gasteiger partial charge in [-0.25, -0.2) is 0 Å². The fourth-order valence-corrected chi connectivity index (χ4v) is 8.42. The molecule has 23 heavy (non-hydrogen) atoms. The standard InChI is InChI=1S/C20H26NOP/c1-3-21(4-2)23(22)19(17-11-7-5-8-12-17)15-16-20(23)18-13-9-6-10-14-18/h5-14,19-20H,3-4,15-16H2,1-2H3/t19-,20-/m1/s1. The summed E-state index contributed by atoms with van der Waals surface area (Å²) in [6.07, 6.45) is 2.02. The Labute approximate surface area is 140 Å². The van der Waals surface area contributed by atoms with Gasteiger partial charge in [0, 0.05) is 13.1 Å². The highest BCUT2D eigenvalue weighted by atomic mass is 31.2. The van der Waals surface area contributed by atoms with Crippen LogP contribution in [0.25, 0.3) is 0 Å². The third-order valence-corrected chi connectivity index (χ3v) is 9.50. The first-order chi connectivity index (χ1) is 11.2. The van der Waals surface area contributed by atoms with E-state index in [4.69, 9.17) is 0 Å². The zero-order valence-corrected chi connectivity index (χ0v) is 15.0. The molecule has 3 rings (SSSR count). The average molecular weight is 327 g/mol. The van der Waals surface area contributed by atoms with Gasteiger partial charge in [0.25, 0.3) is 0 Å². The second-order valence-corrected chi connectivity index (χ2v) is 9.40. The van der Waals surface area contributed by atoms with Crippen LogP contribution in [0, 0.1) is 0 Å². The highest BCUT2D eigenvalue weighted by molar-refractivity contribution is 7.62. The normalized spacial score (nSPS) is 23.3. The van der Waals surface area contributed by atoms with Gasteiger partial charge in [-0.1, -0.05) is 74.5 Å². The monoisotopic (exact) mass is 327 g/mol. The lowest BCUT2D eigenvalue weighted by molar-refractivity contribution is 0.433. The molecule has 2 aromatic carbocycles. The number of rotatable bonds is 5. The molecule has 2 aromatic rings. The molecule has 122 valence electrons. The summed E-state index contributed by atoms with van der Waals surface area (Å²) in [6.45, 7) is 5.96. The van der Waals surface area contributed by atoms with Crippen molar-refractivity contribution >= 4 is 7.29 Å². The predicted molar refractivity (Wildman–Crippen MR) is 98.1 cm³/mol. The third kappa shape index (κ3) is 2.91. The summed E-state index contributed by atoms with van der Waals surface area (Å²) < 4.78 is 16.6. The van der Waals surface area contributed by atoms with Crippen molar-refractivity contribution in [1.29, 1.82) is 0 Å². The van der Waals surface area contributed by atoms with Crippen LogP contribution >= 0.6 is 7.29 Å². The maximum absolute atomic E-state index is 14.4. The number of hydrogen-bond donors (Lipinski definition) is 0. The molecule has 0 amide bonds. The molecule has 0 aromatic heterocycles. The Kier molecular flexibility index (Phi) is 5.04. The minimum absolute atomic E-state index is 0.161. The smallest absolute Gasteiger partial charge is 0.164 e. The molecule has 0 saturated carbocycles. The predicted octanol–water partition coefficient (Wildman–Crippen LogP) is 5.88.